The van der Waals surface area contributed by atoms with Gasteiger partial charge >= 0.3 is 5.97 Å². The van der Waals surface area contributed by atoms with Gasteiger partial charge in [-0.1, -0.05) is 0 Å². The van der Waals surface area contributed by atoms with Crippen LogP contribution in [0.1, 0.15) is 42.3 Å². The van der Waals surface area contributed by atoms with Crippen LogP contribution in [0.3, 0.4) is 0 Å². The maximum Gasteiger partial charge on any atom is 0.378 e. The van der Waals surface area contributed by atoms with E-state index in [1.807, 2.05) is 0 Å². The van der Waals surface area contributed by atoms with Gasteiger partial charge in [0.05, 0.1) is 12.7 Å². The van der Waals surface area contributed by atoms with Crippen molar-refractivity contribution in [2.75, 3.05) is 13.2 Å². The Morgan fingerprint density at radius 3 is 3.12 bits per heavy atom. The number of nitrogens with one attached hydrogen (secondary N) is 1. The summed E-state index contributed by atoms with van der Waals surface area (Å²) in [5, 5.41) is 6.51. The van der Waals surface area contributed by atoms with Crippen LogP contribution in [-0.2, 0) is 9.47 Å². The Kier molecular flexibility index (Phi) is 3.70. The second-order valence-corrected chi connectivity index (χ2v) is 3.82. The van der Waals surface area contributed by atoms with E-state index in [0.717, 1.165) is 12.8 Å². The predicted octanol–water partition coefficient (Wildman–Crippen LogP) is 0.160. The monoisotopic (exact) mass is 240 g/mol. The Balaban J connectivity index is 2.01. The molecule has 1 fully saturated rings. The van der Waals surface area contributed by atoms with E-state index in [4.69, 9.17) is 15.2 Å². The molecule has 7 nitrogen and oxygen atoms in total. The van der Waals surface area contributed by atoms with E-state index < -0.39 is 5.97 Å². The number of aromatic amines is 1. The minimum atomic E-state index is -0.525. The Labute approximate surface area is 98.7 Å². The summed E-state index contributed by atoms with van der Waals surface area (Å²) in [4.78, 5) is 15.4. The molecule has 0 saturated carbocycles. The lowest BCUT2D eigenvalue weighted by molar-refractivity contribution is 0.0446. The van der Waals surface area contributed by atoms with Crippen molar-refractivity contribution in [2.24, 2.45) is 5.73 Å². The van der Waals surface area contributed by atoms with Gasteiger partial charge in [0.2, 0.25) is 0 Å². The highest BCUT2D eigenvalue weighted by atomic mass is 16.5. The molecule has 2 heterocycles. The summed E-state index contributed by atoms with van der Waals surface area (Å²) in [6, 6.07) is 0. The van der Waals surface area contributed by atoms with Crippen molar-refractivity contribution >= 4 is 5.97 Å². The minimum Gasteiger partial charge on any atom is -0.460 e. The normalized spacial score (nSPS) is 23.9. The number of H-pyrrole nitrogens is 1. The molecule has 1 aliphatic heterocycles. The van der Waals surface area contributed by atoms with Gasteiger partial charge in [-0.05, 0) is 19.8 Å². The van der Waals surface area contributed by atoms with Gasteiger partial charge in [-0.15, -0.1) is 5.10 Å². The van der Waals surface area contributed by atoms with Crippen LogP contribution in [0.15, 0.2) is 0 Å². The van der Waals surface area contributed by atoms with Crippen molar-refractivity contribution in [3.8, 4) is 0 Å². The number of rotatable bonds is 4. The van der Waals surface area contributed by atoms with Crippen LogP contribution in [0, 0.1) is 0 Å². The number of carbonyl (C=O) groups excluding carboxylic acids is 1. The summed E-state index contributed by atoms with van der Waals surface area (Å²) < 4.78 is 10.4. The van der Waals surface area contributed by atoms with Crippen molar-refractivity contribution in [1.82, 2.24) is 15.2 Å². The molecular weight excluding hydrogens is 224 g/mol. The van der Waals surface area contributed by atoms with Gasteiger partial charge < -0.3 is 15.2 Å². The van der Waals surface area contributed by atoms with E-state index in [1.54, 1.807) is 6.92 Å². The summed E-state index contributed by atoms with van der Waals surface area (Å²) in [5.41, 5.74) is 5.52. The third kappa shape index (κ3) is 2.62. The van der Waals surface area contributed by atoms with Gasteiger partial charge in [0.25, 0.3) is 5.82 Å². The fraction of sp³-hybridized carbons (Fsp3) is 0.700. The molecule has 1 saturated heterocycles. The summed E-state index contributed by atoms with van der Waals surface area (Å²) in [6.45, 7) is 2.53. The lowest BCUT2D eigenvalue weighted by Crippen LogP contribution is -2.19. The largest absolute Gasteiger partial charge is 0.460 e. The molecule has 2 rings (SSSR count). The second-order valence-electron chi connectivity index (χ2n) is 3.82. The molecule has 2 unspecified atom stereocenters. The van der Waals surface area contributed by atoms with Gasteiger partial charge in [-0.2, -0.15) is 0 Å². The van der Waals surface area contributed by atoms with E-state index in [2.05, 4.69) is 15.2 Å². The highest BCUT2D eigenvalue weighted by Crippen LogP contribution is 2.30. The molecule has 1 aromatic heterocycles. The number of hydrogen-bond acceptors (Lipinski definition) is 6. The van der Waals surface area contributed by atoms with Crippen molar-refractivity contribution in [1.29, 1.82) is 0 Å². The maximum absolute atomic E-state index is 11.4. The van der Waals surface area contributed by atoms with Crippen LogP contribution < -0.4 is 5.73 Å². The Morgan fingerprint density at radius 2 is 2.47 bits per heavy atom. The highest BCUT2D eigenvalue weighted by molar-refractivity contribution is 5.84. The highest BCUT2D eigenvalue weighted by Gasteiger charge is 2.28. The third-order valence-electron chi connectivity index (χ3n) is 2.64. The van der Waals surface area contributed by atoms with Crippen molar-refractivity contribution in [2.45, 2.75) is 32.0 Å². The predicted molar refractivity (Wildman–Crippen MR) is 58.2 cm³/mol. The SMILES string of the molecule is CCOC(=O)c1n[nH]c(C2CCC(CN)O2)n1. The Bertz CT molecular complexity index is 393. The quantitative estimate of drug-likeness (QED) is 0.727. The second kappa shape index (κ2) is 5.24. The van der Waals surface area contributed by atoms with E-state index in [1.165, 1.54) is 0 Å². The van der Waals surface area contributed by atoms with E-state index in [-0.39, 0.29) is 18.0 Å². The zero-order valence-corrected chi connectivity index (χ0v) is 9.68. The zero-order valence-electron chi connectivity index (χ0n) is 9.68. The van der Waals surface area contributed by atoms with Gasteiger partial charge in [0, 0.05) is 6.54 Å². The zero-order chi connectivity index (χ0) is 12.3. The number of nitrogens with two attached hydrogens (primary N) is 1. The lowest BCUT2D eigenvalue weighted by Gasteiger charge is -2.08. The van der Waals surface area contributed by atoms with E-state index in [0.29, 0.717) is 19.0 Å². The van der Waals surface area contributed by atoms with Crippen LogP contribution in [0.4, 0.5) is 0 Å². The first-order valence-electron chi connectivity index (χ1n) is 5.69. The third-order valence-corrected chi connectivity index (χ3v) is 2.64. The smallest absolute Gasteiger partial charge is 0.378 e. The molecule has 94 valence electrons. The molecule has 17 heavy (non-hydrogen) atoms. The molecule has 3 N–H and O–H groups in total. The summed E-state index contributed by atoms with van der Waals surface area (Å²) in [6.07, 6.45) is 1.64. The van der Waals surface area contributed by atoms with Gasteiger partial charge in [-0.3, -0.25) is 5.10 Å². The molecule has 0 amide bonds. The van der Waals surface area contributed by atoms with E-state index >= 15 is 0 Å². The maximum atomic E-state index is 11.4. The Morgan fingerprint density at radius 1 is 1.65 bits per heavy atom. The number of nitrogens with zero attached hydrogens (tertiary/aromatic N) is 2. The van der Waals surface area contributed by atoms with Crippen LogP contribution in [-0.4, -0.2) is 40.4 Å². The standard InChI is InChI=1S/C10H16N4O3/c1-2-16-10(15)9-12-8(13-14-9)7-4-3-6(5-11)17-7/h6-7H,2-5,11H2,1H3,(H,12,13,14). The van der Waals surface area contributed by atoms with Crippen LogP contribution >= 0.6 is 0 Å². The van der Waals surface area contributed by atoms with Gasteiger partial charge in [0.1, 0.15) is 6.10 Å². The number of hydrogen-bond donors (Lipinski definition) is 2. The average molecular weight is 240 g/mol. The van der Waals surface area contributed by atoms with Gasteiger partial charge in [0.15, 0.2) is 5.82 Å². The van der Waals surface area contributed by atoms with E-state index in [9.17, 15) is 4.79 Å². The van der Waals surface area contributed by atoms with Crippen molar-refractivity contribution < 1.29 is 14.3 Å². The average Bonchev–Trinajstić information content (AvgIpc) is 2.98. The minimum absolute atomic E-state index is 0.0432. The molecule has 7 heteroatoms. The number of ether oxygens (including phenoxy) is 2. The molecule has 0 bridgehead atoms. The first kappa shape index (κ1) is 12.0. The molecular formula is C10H16N4O3. The fourth-order valence-electron chi connectivity index (χ4n) is 1.79. The molecule has 0 aromatic carbocycles. The number of aromatic nitrogens is 3. The summed E-state index contributed by atoms with van der Waals surface area (Å²) in [7, 11) is 0. The first-order valence-corrected chi connectivity index (χ1v) is 5.69. The van der Waals surface area contributed by atoms with Gasteiger partial charge in [-0.25, -0.2) is 9.78 Å². The summed E-state index contributed by atoms with van der Waals surface area (Å²) in [5.74, 6) is 0.0778. The molecule has 2 atom stereocenters. The van der Waals surface area contributed by atoms with Crippen LogP contribution in [0.2, 0.25) is 0 Å². The molecule has 0 aliphatic carbocycles. The van der Waals surface area contributed by atoms with Crippen LogP contribution in [0.25, 0.3) is 0 Å². The molecule has 0 radical (unpaired) electrons. The lowest BCUT2D eigenvalue weighted by atomic mass is 10.2. The molecule has 1 aromatic rings. The number of esters is 1. The topological polar surface area (TPSA) is 103 Å². The fourth-order valence-corrected chi connectivity index (χ4v) is 1.79. The Hall–Kier alpha value is -1.47. The summed E-state index contributed by atoms with van der Waals surface area (Å²) >= 11 is 0. The first-order chi connectivity index (χ1) is 8.24. The van der Waals surface area contributed by atoms with Crippen molar-refractivity contribution in [3.05, 3.63) is 11.6 Å². The van der Waals surface area contributed by atoms with Crippen molar-refractivity contribution in [3.63, 3.8) is 0 Å². The number of carbonyl (C=O) groups is 1. The molecule has 0 spiro atoms. The molecule has 1 aliphatic rings. The van der Waals surface area contributed by atoms with Crippen LogP contribution in [0.5, 0.6) is 0 Å².